The predicted molar refractivity (Wildman–Crippen MR) is 84.7 cm³/mol. The van der Waals surface area contributed by atoms with Crippen molar-refractivity contribution in [1.82, 2.24) is 10.3 Å². The third kappa shape index (κ3) is 5.75. The first kappa shape index (κ1) is 19.3. The van der Waals surface area contributed by atoms with Gasteiger partial charge in [0.15, 0.2) is 0 Å². The highest BCUT2D eigenvalue weighted by Gasteiger charge is 2.25. The monoisotopic (exact) mass is 321 g/mol. The van der Waals surface area contributed by atoms with Crippen LogP contribution in [0, 0.1) is 5.41 Å². The summed E-state index contributed by atoms with van der Waals surface area (Å²) >= 11 is 1.46. The molecule has 3 N–H and O–H groups in total. The summed E-state index contributed by atoms with van der Waals surface area (Å²) in [5.74, 6) is -0.161. The van der Waals surface area contributed by atoms with E-state index in [-0.39, 0.29) is 29.8 Å². The number of ether oxygens (including phenoxy) is 1. The summed E-state index contributed by atoms with van der Waals surface area (Å²) in [5.41, 5.74) is 5.90. The number of carbonyl (C=O) groups is 1. The van der Waals surface area contributed by atoms with E-state index in [1.165, 1.54) is 11.3 Å². The molecule has 0 aliphatic carbocycles. The lowest BCUT2D eigenvalue weighted by molar-refractivity contribution is 0.0175. The lowest BCUT2D eigenvalue weighted by atomic mass is 9.89. The summed E-state index contributed by atoms with van der Waals surface area (Å²) in [6.07, 6.45) is 0.680. The van der Waals surface area contributed by atoms with Crippen molar-refractivity contribution in [2.75, 3.05) is 20.2 Å². The minimum Gasteiger partial charge on any atom is -0.379 e. The molecule has 5 nitrogen and oxygen atoms in total. The molecular weight excluding hydrogens is 298 g/mol. The molecule has 0 fully saturated rings. The van der Waals surface area contributed by atoms with E-state index >= 15 is 0 Å². The van der Waals surface area contributed by atoms with Crippen LogP contribution in [0.4, 0.5) is 0 Å². The molecule has 1 aromatic heterocycles. The van der Waals surface area contributed by atoms with Gasteiger partial charge in [-0.1, -0.05) is 20.8 Å². The minimum atomic E-state index is -0.161. The number of hydrogen-bond donors (Lipinski definition) is 2. The van der Waals surface area contributed by atoms with Crippen LogP contribution in [-0.2, 0) is 11.2 Å². The summed E-state index contributed by atoms with van der Waals surface area (Å²) < 4.78 is 5.40. The molecule has 20 heavy (non-hydrogen) atoms. The van der Waals surface area contributed by atoms with Gasteiger partial charge >= 0.3 is 0 Å². The lowest BCUT2D eigenvalue weighted by Gasteiger charge is -2.29. The quantitative estimate of drug-likeness (QED) is 0.838. The van der Waals surface area contributed by atoms with E-state index in [1.807, 2.05) is 0 Å². The first-order chi connectivity index (χ1) is 8.88. The van der Waals surface area contributed by atoms with Gasteiger partial charge in [-0.2, -0.15) is 0 Å². The van der Waals surface area contributed by atoms with Crippen LogP contribution >= 0.6 is 23.7 Å². The van der Waals surface area contributed by atoms with E-state index in [2.05, 4.69) is 31.1 Å². The Kier molecular flexibility index (Phi) is 8.27. The van der Waals surface area contributed by atoms with Crippen molar-refractivity contribution in [2.24, 2.45) is 11.1 Å². The van der Waals surface area contributed by atoms with Crippen molar-refractivity contribution in [1.29, 1.82) is 0 Å². The number of nitrogens with zero attached hydrogens (tertiary/aromatic N) is 1. The van der Waals surface area contributed by atoms with E-state index in [0.29, 0.717) is 25.2 Å². The van der Waals surface area contributed by atoms with Crippen molar-refractivity contribution >= 4 is 29.7 Å². The number of thiazole rings is 1. The van der Waals surface area contributed by atoms with Crippen LogP contribution in [0.25, 0.3) is 0 Å². The number of carbonyl (C=O) groups excluding carboxylic acids is 1. The maximum atomic E-state index is 12.0. The van der Waals surface area contributed by atoms with Gasteiger partial charge < -0.3 is 15.8 Å². The first-order valence-corrected chi connectivity index (χ1v) is 7.22. The Hall–Kier alpha value is -0.690. The predicted octanol–water partition coefficient (Wildman–Crippen LogP) is 1.86. The molecule has 1 unspecified atom stereocenters. The molecular formula is C13H24ClN3O2S. The minimum absolute atomic E-state index is 0. The average molecular weight is 322 g/mol. The Morgan fingerprint density at radius 3 is 2.70 bits per heavy atom. The summed E-state index contributed by atoms with van der Waals surface area (Å²) in [6, 6.07) is 0. The number of nitrogens with one attached hydrogen (secondary N) is 1. The van der Waals surface area contributed by atoms with Crippen molar-refractivity contribution in [3.63, 3.8) is 0 Å². The molecule has 1 heterocycles. The highest BCUT2D eigenvalue weighted by molar-refractivity contribution is 7.09. The van der Waals surface area contributed by atoms with Crippen LogP contribution in [0.2, 0.25) is 0 Å². The molecule has 0 aromatic carbocycles. The summed E-state index contributed by atoms with van der Waals surface area (Å²) in [7, 11) is 1.66. The van der Waals surface area contributed by atoms with E-state index in [1.54, 1.807) is 12.5 Å². The molecule has 1 aromatic rings. The van der Waals surface area contributed by atoms with Gasteiger partial charge in [0.05, 0.1) is 11.1 Å². The number of halogens is 1. The fourth-order valence-corrected chi connectivity index (χ4v) is 2.47. The zero-order valence-electron chi connectivity index (χ0n) is 12.4. The molecule has 0 bridgehead atoms. The third-order valence-corrected chi connectivity index (χ3v) is 3.75. The highest BCUT2D eigenvalue weighted by atomic mass is 35.5. The van der Waals surface area contributed by atoms with E-state index in [4.69, 9.17) is 10.5 Å². The number of amides is 1. The fourth-order valence-electron chi connectivity index (χ4n) is 1.67. The van der Waals surface area contributed by atoms with E-state index < -0.39 is 0 Å². The van der Waals surface area contributed by atoms with Crippen molar-refractivity contribution in [3.05, 3.63) is 16.1 Å². The van der Waals surface area contributed by atoms with Gasteiger partial charge in [0.25, 0.3) is 5.91 Å². The van der Waals surface area contributed by atoms with Crippen LogP contribution in [0.15, 0.2) is 5.38 Å². The van der Waals surface area contributed by atoms with Crippen molar-refractivity contribution in [2.45, 2.75) is 33.3 Å². The van der Waals surface area contributed by atoms with Gasteiger partial charge in [0.2, 0.25) is 0 Å². The van der Waals surface area contributed by atoms with Gasteiger partial charge in [-0.05, 0) is 12.0 Å². The third-order valence-electron chi connectivity index (χ3n) is 2.84. The number of methoxy groups -OCH3 is 1. The zero-order chi connectivity index (χ0) is 14.5. The summed E-state index contributed by atoms with van der Waals surface area (Å²) in [5, 5.41) is 5.52. The molecule has 116 valence electrons. The standard InChI is InChI=1S/C13H23N3O2S.ClH/c1-13(2,3)10(18-4)7-15-12(17)9-8-19-11(16-9)5-6-14;/h8,10H,5-7,14H2,1-4H3,(H,15,17);1H. The number of hydrogen-bond acceptors (Lipinski definition) is 5. The second kappa shape index (κ2) is 8.56. The Balaban J connectivity index is 0.00000361. The molecule has 0 saturated carbocycles. The molecule has 0 spiro atoms. The van der Waals surface area contributed by atoms with Gasteiger partial charge in [0.1, 0.15) is 5.69 Å². The van der Waals surface area contributed by atoms with Crippen LogP contribution < -0.4 is 11.1 Å². The molecule has 1 amide bonds. The topological polar surface area (TPSA) is 77.2 Å². The van der Waals surface area contributed by atoms with Gasteiger partial charge in [-0.15, -0.1) is 23.7 Å². The molecule has 1 rings (SSSR count). The van der Waals surface area contributed by atoms with Crippen molar-refractivity contribution in [3.8, 4) is 0 Å². The molecule has 7 heteroatoms. The molecule has 0 saturated heterocycles. The zero-order valence-corrected chi connectivity index (χ0v) is 14.1. The van der Waals surface area contributed by atoms with Gasteiger partial charge in [-0.25, -0.2) is 4.98 Å². The maximum Gasteiger partial charge on any atom is 0.270 e. The Labute approximate surface area is 130 Å². The molecule has 1 atom stereocenters. The van der Waals surface area contributed by atoms with Crippen LogP contribution in [-0.4, -0.2) is 37.2 Å². The van der Waals surface area contributed by atoms with Crippen LogP contribution in [0.5, 0.6) is 0 Å². The Bertz CT molecular complexity index is 418. The molecule has 0 radical (unpaired) electrons. The molecule has 0 aliphatic rings. The fraction of sp³-hybridized carbons (Fsp3) is 0.692. The summed E-state index contributed by atoms with van der Waals surface area (Å²) in [6.45, 7) is 7.26. The second-order valence-corrected chi connectivity index (χ2v) is 6.41. The van der Waals surface area contributed by atoms with Crippen LogP contribution in [0.3, 0.4) is 0 Å². The average Bonchev–Trinajstić information content (AvgIpc) is 2.77. The summed E-state index contributed by atoms with van der Waals surface area (Å²) in [4.78, 5) is 16.2. The largest absolute Gasteiger partial charge is 0.379 e. The number of rotatable bonds is 6. The smallest absolute Gasteiger partial charge is 0.270 e. The van der Waals surface area contributed by atoms with Gasteiger partial charge in [-0.3, -0.25) is 4.79 Å². The highest BCUT2D eigenvalue weighted by Crippen LogP contribution is 2.21. The number of nitrogens with two attached hydrogens (primary N) is 1. The maximum absolute atomic E-state index is 12.0. The Morgan fingerprint density at radius 2 is 2.20 bits per heavy atom. The lowest BCUT2D eigenvalue weighted by Crippen LogP contribution is -2.40. The normalized spacial score (nSPS) is 12.7. The SMILES string of the molecule is COC(CNC(=O)c1csc(CCN)n1)C(C)(C)C.Cl. The Morgan fingerprint density at radius 1 is 1.55 bits per heavy atom. The first-order valence-electron chi connectivity index (χ1n) is 6.34. The molecule has 0 aliphatic heterocycles. The van der Waals surface area contributed by atoms with E-state index in [0.717, 1.165) is 5.01 Å². The van der Waals surface area contributed by atoms with Crippen LogP contribution in [0.1, 0.15) is 36.3 Å². The van der Waals surface area contributed by atoms with Crippen molar-refractivity contribution < 1.29 is 9.53 Å². The van der Waals surface area contributed by atoms with E-state index in [9.17, 15) is 4.79 Å². The number of aromatic nitrogens is 1. The van der Waals surface area contributed by atoms with Gasteiger partial charge in [0, 0.05) is 25.5 Å². The second-order valence-electron chi connectivity index (χ2n) is 5.47.